The molecule has 1 aromatic carbocycles. The molecule has 0 aliphatic carbocycles. The molecule has 9 heteroatoms. The van der Waals surface area contributed by atoms with Gasteiger partial charge in [-0.3, -0.25) is 14.7 Å². The molecule has 9 nitrogen and oxygen atoms in total. The smallest absolute Gasteiger partial charge is 0.239 e. The third-order valence-electron chi connectivity index (χ3n) is 6.09. The first-order valence-corrected chi connectivity index (χ1v) is 11.4. The maximum Gasteiger partial charge on any atom is 0.239 e. The van der Waals surface area contributed by atoms with Crippen LogP contribution in [0.3, 0.4) is 0 Å². The number of likely N-dealkylation sites (N-methyl/N-ethyl adjacent to an activating group) is 2. The van der Waals surface area contributed by atoms with E-state index in [1.165, 1.54) is 6.20 Å². The van der Waals surface area contributed by atoms with Crippen LogP contribution in [0, 0.1) is 6.92 Å². The number of carbonyl (C=O) groups excluding carboxylic acids is 1. The summed E-state index contributed by atoms with van der Waals surface area (Å²) in [7, 11) is 3.90. The molecule has 1 aliphatic rings. The van der Waals surface area contributed by atoms with E-state index < -0.39 is 0 Å². The molecule has 4 rings (SSSR count). The predicted octanol–water partition coefficient (Wildman–Crippen LogP) is 2.69. The predicted molar refractivity (Wildman–Crippen MR) is 128 cm³/mol. The normalized spacial score (nSPS) is 16.6. The summed E-state index contributed by atoms with van der Waals surface area (Å²) in [6.45, 7) is 3.86. The van der Waals surface area contributed by atoms with E-state index in [1.54, 1.807) is 12.4 Å². The molecule has 1 atom stereocenters. The number of fused-ring (bicyclic) bond motifs is 1. The number of aryl methyl sites for hydroxylation is 1. The number of benzene rings is 1. The quantitative estimate of drug-likeness (QED) is 0.548. The van der Waals surface area contributed by atoms with Crippen molar-refractivity contribution in [1.82, 2.24) is 29.7 Å². The second kappa shape index (κ2) is 10.1. The molecule has 3 heterocycles. The summed E-state index contributed by atoms with van der Waals surface area (Å²) in [6, 6.07) is 3.80. The molecule has 0 spiro atoms. The van der Waals surface area contributed by atoms with Gasteiger partial charge in [0.05, 0.1) is 24.4 Å². The highest BCUT2D eigenvalue weighted by Crippen LogP contribution is 2.35. The maximum atomic E-state index is 12.8. The minimum Gasteiger partial charge on any atom is -0.491 e. The SMILES string of the molecule is Cc1ncc(-c2ccc3ncc(N)nc3c2OCCCN(C)C(=O)C2CCCCN2C)cn1. The summed E-state index contributed by atoms with van der Waals surface area (Å²) in [5, 5.41) is 0. The lowest BCUT2D eigenvalue weighted by Crippen LogP contribution is -2.48. The molecule has 3 aromatic rings. The molecular formula is C24H31N7O2. The zero-order chi connectivity index (χ0) is 23.4. The number of piperidine rings is 1. The van der Waals surface area contributed by atoms with Crippen LogP contribution < -0.4 is 10.5 Å². The topological polar surface area (TPSA) is 110 Å². The summed E-state index contributed by atoms with van der Waals surface area (Å²) in [4.78, 5) is 34.3. The van der Waals surface area contributed by atoms with Gasteiger partial charge < -0.3 is 15.4 Å². The molecule has 2 aromatic heterocycles. The first-order valence-electron chi connectivity index (χ1n) is 11.4. The lowest BCUT2D eigenvalue weighted by atomic mass is 10.0. The van der Waals surface area contributed by atoms with E-state index in [4.69, 9.17) is 10.5 Å². The highest BCUT2D eigenvalue weighted by Gasteiger charge is 2.28. The largest absolute Gasteiger partial charge is 0.491 e. The fraction of sp³-hybridized carbons (Fsp3) is 0.458. The van der Waals surface area contributed by atoms with Crippen LogP contribution >= 0.6 is 0 Å². The first kappa shape index (κ1) is 22.8. The van der Waals surface area contributed by atoms with Gasteiger partial charge >= 0.3 is 0 Å². The lowest BCUT2D eigenvalue weighted by molar-refractivity contribution is -0.136. The Hall–Kier alpha value is -3.33. The number of aromatic nitrogens is 4. The highest BCUT2D eigenvalue weighted by molar-refractivity contribution is 5.90. The molecule has 2 N–H and O–H groups in total. The Morgan fingerprint density at radius 3 is 2.76 bits per heavy atom. The number of carbonyl (C=O) groups is 1. The zero-order valence-electron chi connectivity index (χ0n) is 19.5. The van der Waals surface area contributed by atoms with Gasteiger partial charge in [0, 0.05) is 37.1 Å². The molecule has 1 saturated heterocycles. The van der Waals surface area contributed by atoms with Crippen molar-refractivity contribution in [3.63, 3.8) is 0 Å². The van der Waals surface area contributed by atoms with Crippen LogP contribution in [0.2, 0.25) is 0 Å². The Morgan fingerprint density at radius 1 is 1.21 bits per heavy atom. The second-order valence-electron chi connectivity index (χ2n) is 8.58. The molecular weight excluding hydrogens is 418 g/mol. The van der Waals surface area contributed by atoms with Gasteiger partial charge in [0.2, 0.25) is 5.91 Å². The fourth-order valence-corrected chi connectivity index (χ4v) is 4.20. The number of hydrogen-bond donors (Lipinski definition) is 1. The van der Waals surface area contributed by atoms with E-state index >= 15 is 0 Å². The summed E-state index contributed by atoms with van der Waals surface area (Å²) < 4.78 is 6.22. The van der Waals surface area contributed by atoms with E-state index in [1.807, 2.05) is 38.1 Å². The second-order valence-corrected chi connectivity index (χ2v) is 8.58. The molecule has 0 radical (unpaired) electrons. The van der Waals surface area contributed by atoms with Crippen molar-refractivity contribution in [2.24, 2.45) is 0 Å². The van der Waals surface area contributed by atoms with Crippen LogP contribution in [0.15, 0.2) is 30.7 Å². The van der Waals surface area contributed by atoms with Crippen LogP contribution in [0.25, 0.3) is 22.2 Å². The lowest BCUT2D eigenvalue weighted by Gasteiger charge is -2.34. The van der Waals surface area contributed by atoms with Gasteiger partial charge in [0.1, 0.15) is 17.2 Å². The van der Waals surface area contributed by atoms with E-state index in [9.17, 15) is 4.79 Å². The summed E-state index contributed by atoms with van der Waals surface area (Å²) >= 11 is 0. The third-order valence-corrected chi connectivity index (χ3v) is 6.09. The van der Waals surface area contributed by atoms with Crippen LogP contribution in [-0.2, 0) is 4.79 Å². The summed E-state index contributed by atoms with van der Waals surface area (Å²) in [6.07, 6.45) is 8.94. The van der Waals surface area contributed by atoms with Crippen LogP contribution in [-0.4, -0.2) is 75.5 Å². The minimum absolute atomic E-state index is 0.0193. The Morgan fingerprint density at radius 2 is 2.00 bits per heavy atom. The number of nitrogens with zero attached hydrogens (tertiary/aromatic N) is 6. The number of ether oxygens (including phenoxy) is 1. The Labute approximate surface area is 194 Å². The van der Waals surface area contributed by atoms with E-state index in [0.29, 0.717) is 48.0 Å². The Kier molecular flexibility index (Phi) is 6.98. The van der Waals surface area contributed by atoms with Gasteiger partial charge in [-0.1, -0.05) is 6.42 Å². The standard InChI is InChI=1S/C24H31N7O2/c1-16-26-13-17(14-27-16)18-8-9-19-22(29-21(25)15-28-19)23(18)33-12-6-11-31(3)24(32)20-7-4-5-10-30(20)2/h8-9,13-15,20H,4-7,10-12H2,1-3H3,(H2,25,29). The van der Waals surface area contributed by atoms with Crippen LogP contribution in [0.1, 0.15) is 31.5 Å². The minimum atomic E-state index is -0.0193. The van der Waals surface area contributed by atoms with E-state index in [0.717, 1.165) is 36.9 Å². The van der Waals surface area contributed by atoms with Gasteiger partial charge in [0.15, 0.2) is 5.75 Å². The number of amides is 1. The highest BCUT2D eigenvalue weighted by atomic mass is 16.5. The average Bonchev–Trinajstić information content (AvgIpc) is 2.82. The first-order chi connectivity index (χ1) is 15.9. The molecule has 174 valence electrons. The fourth-order valence-electron chi connectivity index (χ4n) is 4.20. The molecule has 0 saturated carbocycles. The van der Waals surface area contributed by atoms with Crippen molar-refractivity contribution in [1.29, 1.82) is 0 Å². The number of anilines is 1. The molecule has 1 fully saturated rings. The number of hydrogen-bond acceptors (Lipinski definition) is 8. The molecule has 33 heavy (non-hydrogen) atoms. The van der Waals surface area contributed by atoms with Crippen molar-refractivity contribution in [3.05, 3.63) is 36.5 Å². The average molecular weight is 450 g/mol. The Balaban J connectivity index is 1.48. The van der Waals surface area contributed by atoms with Crippen molar-refractivity contribution < 1.29 is 9.53 Å². The number of nitrogens with two attached hydrogens (primary N) is 1. The van der Waals surface area contributed by atoms with Gasteiger partial charge in [-0.2, -0.15) is 0 Å². The van der Waals surface area contributed by atoms with Gasteiger partial charge in [-0.25, -0.2) is 15.0 Å². The number of likely N-dealkylation sites (tertiary alicyclic amines) is 1. The van der Waals surface area contributed by atoms with Crippen molar-refractivity contribution in [2.45, 2.75) is 38.6 Å². The molecule has 0 bridgehead atoms. The van der Waals surface area contributed by atoms with Crippen LogP contribution in [0.4, 0.5) is 5.82 Å². The number of rotatable bonds is 7. The van der Waals surface area contributed by atoms with Gasteiger partial charge in [0.25, 0.3) is 0 Å². The van der Waals surface area contributed by atoms with Crippen LogP contribution in [0.5, 0.6) is 5.75 Å². The van der Waals surface area contributed by atoms with Crippen molar-refractivity contribution >= 4 is 22.8 Å². The Bertz CT molecular complexity index is 1120. The van der Waals surface area contributed by atoms with E-state index in [2.05, 4.69) is 24.8 Å². The number of nitrogen functional groups attached to an aromatic ring is 1. The zero-order valence-corrected chi connectivity index (χ0v) is 19.5. The maximum absolute atomic E-state index is 12.8. The van der Waals surface area contributed by atoms with Gasteiger partial charge in [-0.05, 0) is 51.9 Å². The summed E-state index contributed by atoms with van der Waals surface area (Å²) in [5.41, 5.74) is 8.86. The van der Waals surface area contributed by atoms with Crippen molar-refractivity contribution in [2.75, 3.05) is 39.5 Å². The summed E-state index contributed by atoms with van der Waals surface area (Å²) in [5.74, 6) is 1.80. The molecule has 1 aliphatic heterocycles. The molecule has 1 unspecified atom stereocenters. The van der Waals surface area contributed by atoms with Gasteiger partial charge in [-0.15, -0.1) is 0 Å². The van der Waals surface area contributed by atoms with Crippen molar-refractivity contribution in [3.8, 4) is 16.9 Å². The monoisotopic (exact) mass is 449 g/mol. The van der Waals surface area contributed by atoms with E-state index in [-0.39, 0.29) is 11.9 Å². The molecule has 1 amide bonds. The third kappa shape index (κ3) is 5.19.